The predicted molar refractivity (Wildman–Crippen MR) is 120 cm³/mol. The molecule has 0 radical (unpaired) electrons. The Bertz CT molecular complexity index is 1160. The van der Waals surface area contributed by atoms with Gasteiger partial charge in [-0.05, 0) is 24.3 Å². The van der Waals surface area contributed by atoms with Crippen molar-refractivity contribution >= 4 is 34.4 Å². The summed E-state index contributed by atoms with van der Waals surface area (Å²) >= 11 is 0. The average Bonchev–Trinajstić information content (AvgIpc) is 3.13. The predicted octanol–water partition coefficient (Wildman–Crippen LogP) is 4.58. The minimum absolute atomic E-state index is 0.0733. The lowest BCUT2D eigenvalue weighted by Gasteiger charge is -2.11. The number of anilines is 2. The van der Waals surface area contributed by atoms with Gasteiger partial charge >= 0.3 is 0 Å². The van der Waals surface area contributed by atoms with Gasteiger partial charge < -0.3 is 4.74 Å². The molecule has 1 heterocycles. The number of para-hydroxylation sites is 2. The Hall–Kier alpha value is -4.53. The summed E-state index contributed by atoms with van der Waals surface area (Å²) in [4.78, 5) is 10.7. The van der Waals surface area contributed by atoms with Crippen molar-refractivity contribution in [2.75, 3.05) is 10.9 Å². The van der Waals surface area contributed by atoms with Crippen molar-refractivity contribution in [1.29, 1.82) is 5.41 Å². The molecular weight excluding hydrogens is 396 g/mol. The van der Waals surface area contributed by atoms with Gasteiger partial charge in [-0.25, -0.2) is 0 Å². The minimum atomic E-state index is -0.820. The number of hydrogen-bond donors (Lipinski definition) is 3. The maximum absolute atomic E-state index is 11.2. The van der Waals surface area contributed by atoms with Crippen molar-refractivity contribution in [2.24, 2.45) is 10.2 Å². The van der Waals surface area contributed by atoms with Crippen molar-refractivity contribution in [3.05, 3.63) is 101 Å². The molecule has 3 aromatic carbocycles. The molecule has 0 bridgehead atoms. The Morgan fingerprint density at radius 3 is 2.10 bits per heavy atom. The van der Waals surface area contributed by atoms with Gasteiger partial charge in [0.2, 0.25) is 5.90 Å². The first-order chi connectivity index (χ1) is 15.1. The lowest BCUT2D eigenvalue weighted by molar-refractivity contribution is -0.384. The average molecular weight is 414 g/mol. The molecular formula is C22H18N6O3. The van der Waals surface area contributed by atoms with Crippen LogP contribution in [0.5, 0.6) is 0 Å². The molecule has 3 aromatic rings. The number of nitro groups is 1. The lowest BCUT2D eigenvalue weighted by atomic mass is 10.0. The first-order valence-corrected chi connectivity index (χ1v) is 9.39. The topological polar surface area (TPSA) is 125 Å². The maximum atomic E-state index is 11.2. The van der Waals surface area contributed by atoms with Gasteiger partial charge in [-0.1, -0.05) is 48.5 Å². The van der Waals surface area contributed by atoms with E-state index in [0.29, 0.717) is 11.3 Å². The van der Waals surface area contributed by atoms with Crippen LogP contribution in [0.3, 0.4) is 0 Å². The molecule has 9 nitrogen and oxygen atoms in total. The first kappa shape index (κ1) is 19.8. The van der Waals surface area contributed by atoms with E-state index in [2.05, 4.69) is 21.1 Å². The number of nitrogens with one attached hydrogen (secondary N) is 3. The molecule has 31 heavy (non-hydrogen) atoms. The van der Waals surface area contributed by atoms with E-state index >= 15 is 0 Å². The van der Waals surface area contributed by atoms with Crippen LogP contribution in [-0.2, 0) is 4.74 Å². The van der Waals surface area contributed by atoms with Gasteiger partial charge in [0.25, 0.3) is 5.69 Å². The van der Waals surface area contributed by atoms with Gasteiger partial charge in [-0.3, -0.25) is 26.4 Å². The third kappa shape index (κ3) is 4.56. The normalized spacial score (nSPS) is 18.1. The molecule has 0 spiro atoms. The SMILES string of the molecule is N=C1O[C@@H](c2cccc([N+](=O)[O-])c2)C(=NNc2ccccc2)/C1=N\Nc1ccccc1. The van der Waals surface area contributed by atoms with Crippen LogP contribution in [0.15, 0.2) is 95.1 Å². The summed E-state index contributed by atoms with van der Waals surface area (Å²) in [6, 6.07) is 24.6. The van der Waals surface area contributed by atoms with E-state index in [1.807, 2.05) is 60.7 Å². The Morgan fingerprint density at radius 1 is 0.871 bits per heavy atom. The summed E-state index contributed by atoms with van der Waals surface area (Å²) in [6.07, 6.45) is -0.820. The molecule has 1 saturated heterocycles. The smallest absolute Gasteiger partial charge is 0.269 e. The van der Waals surface area contributed by atoms with E-state index in [-0.39, 0.29) is 17.3 Å². The Balaban J connectivity index is 1.71. The molecule has 0 unspecified atom stereocenters. The second-order valence-electron chi connectivity index (χ2n) is 6.59. The van der Waals surface area contributed by atoms with E-state index < -0.39 is 11.0 Å². The van der Waals surface area contributed by atoms with Crippen LogP contribution in [0.4, 0.5) is 17.1 Å². The summed E-state index contributed by atoms with van der Waals surface area (Å²) in [6.45, 7) is 0. The van der Waals surface area contributed by atoms with Crippen molar-refractivity contribution in [3.63, 3.8) is 0 Å². The largest absolute Gasteiger partial charge is 0.461 e. The third-order valence-electron chi connectivity index (χ3n) is 4.48. The number of ether oxygens (including phenoxy) is 1. The van der Waals surface area contributed by atoms with Gasteiger partial charge in [-0.2, -0.15) is 10.2 Å². The third-order valence-corrected chi connectivity index (χ3v) is 4.48. The van der Waals surface area contributed by atoms with Gasteiger partial charge in [0.15, 0.2) is 11.8 Å². The second kappa shape index (κ2) is 8.87. The molecule has 1 aliphatic heterocycles. The molecule has 1 fully saturated rings. The van der Waals surface area contributed by atoms with Crippen molar-refractivity contribution in [2.45, 2.75) is 6.10 Å². The van der Waals surface area contributed by atoms with Crippen molar-refractivity contribution < 1.29 is 9.66 Å². The highest BCUT2D eigenvalue weighted by molar-refractivity contribution is 6.69. The molecule has 1 atom stereocenters. The van der Waals surface area contributed by atoms with Crippen LogP contribution in [0.1, 0.15) is 11.7 Å². The highest BCUT2D eigenvalue weighted by Gasteiger charge is 2.38. The fourth-order valence-corrected chi connectivity index (χ4v) is 2.99. The zero-order valence-corrected chi connectivity index (χ0v) is 16.2. The number of non-ortho nitro benzene ring substituents is 1. The van der Waals surface area contributed by atoms with Gasteiger partial charge in [0.1, 0.15) is 5.71 Å². The number of rotatable bonds is 6. The molecule has 4 rings (SSSR count). The molecule has 154 valence electrons. The molecule has 9 heteroatoms. The Morgan fingerprint density at radius 2 is 1.48 bits per heavy atom. The number of benzene rings is 3. The Labute approximate surface area is 177 Å². The highest BCUT2D eigenvalue weighted by atomic mass is 16.6. The molecule has 1 aliphatic rings. The van der Waals surface area contributed by atoms with Gasteiger partial charge in [0, 0.05) is 17.7 Å². The van der Waals surface area contributed by atoms with Crippen molar-refractivity contribution in [1.82, 2.24) is 0 Å². The van der Waals surface area contributed by atoms with E-state index in [1.165, 1.54) is 12.1 Å². The summed E-state index contributed by atoms with van der Waals surface area (Å²) in [5.74, 6) is -0.187. The highest BCUT2D eigenvalue weighted by Crippen LogP contribution is 2.29. The fourth-order valence-electron chi connectivity index (χ4n) is 2.99. The number of nitro benzene ring substituents is 1. The van der Waals surface area contributed by atoms with E-state index in [9.17, 15) is 10.1 Å². The first-order valence-electron chi connectivity index (χ1n) is 9.39. The van der Waals surface area contributed by atoms with Gasteiger partial charge in [-0.15, -0.1) is 0 Å². The van der Waals surface area contributed by atoms with E-state index in [4.69, 9.17) is 10.1 Å². The molecule has 0 aromatic heterocycles. The Kier molecular flexibility index (Phi) is 5.66. The summed E-state index contributed by atoms with van der Waals surface area (Å²) in [5.41, 5.74) is 8.26. The zero-order valence-electron chi connectivity index (χ0n) is 16.2. The fraction of sp³-hybridized carbons (Fsp3) is 0.0455. The van der Waals surface area contributed by atoms with Crippen LogP contribution >= 0.6 is 0 Å². The summed E-state index contributed by atoms with van der Waals surface area (Å²) in [5, 5.41) is 28.2. The van der Waals surface area contributed by atoms with Crippen LogP contribution < -0.4 is 10.9 Å². The standard InChI is InChI=1S/C22H18N6O3/c23-22-20(27-25-17-11-5-2-6-12-17)19(26-24-16-9-3-1-4-10-16)21(31-22)15-8-7-13-18(14-15)28(29)30/h1-14,21,23-25H/b23-22?,26-19?,27-20+/t21-/m0/s1. The number of hydrogen-bond acceptors (Lipinski definition) is 8. The van der Waals surface area contributed by atoms with Crippen LogP contribution in [0.2, 0.25) is 0 Å². The van der Waals surface area contributed by atoms with Gasteiger partial charge in [0.05, 0.1) is 16.3 Å². The molecule has 3 N–H and O–H groups in total. The zero-order chi connectivity index (χ0) is 21.6. The molecule has 0 saturated carbocycles. The minimum Gasteiger partial charge on any atom is -0.461 e. The lowest BCUT2D eigenvalue weighted by Crippen LogP contribution is -2.19. The molecule has 0 amide bonds. The van der Waals surface area contributed by atoms with Crippen molar-refractivity contribution in [3.8, 4) is 0 Å². The summed E-state index contributed by atoms with van der Waals surface area (Å²) in [7, 11) is 0. The number of hydrazone groups is 2. The molecule has 0 aliphatic carbocycles. The summed E-state index contributed by atoms with van der Waals surface area (Å²) < 4.78 is 5.70. The maximum Gasteiger partial charge on any atom is 0.269 e. The van der Waals surface area contributed by atoms with E-state index in [1.54, 1.807) is 12.1 Å². The van der Waals surface area contributed by atoms with Crippen LogP contribution in [0.25, 0.3) is 0 Å². The van der Waals surface area contributed by atoms with E-state index in [0.717, 1.165) is 11.4 Å². The van der Waals surface area contributed by atoms with Crippen LogP contribution in [-0.4, -0.2) is 22.2 Å². The number of nitrogens with zero attached hydrogens (tertiary/aromatic N) is 3. The quantitative estimate of drug-likeness (QED) is 0.402. The monoisotopic (exact) mass is 414 g/mol. The van der Waals surface area contributed by atoms with Crippen LogP contribution in [0, 0.1) is 15.5 Å². The second-order valence-corrected chi connectivity index (χ2v) is 6.59.